The number of ether oxygens (including phenoxy) is 1. The highest BCUT2D eigenvalue weighted by atomic mass is 16.5. The molecule has 1 amide bonds. The summed E-state index contributed by atoms with van der Waals surface area (Å²) in [6, 6.07) is 23.5. The van der Waals surface area contributed by atoms with Crippen molar-refractivity contribution in [2.24, 2.45) is 7.05 Å². The van der Waals surface area contributed by atoms with Crippen molar-refractivity contribution >= 4 is 11.6 Å². The van der Waals surface area contributed by atoms with Crippen LogP contribution >= 0.6 is 0 Å². The number of rotatable bonds is 6. The number of carbonyl (C=O) groups is 1. The predicted molar refractivity (Wildman–Crippen MR) is 138 cm³/mol. The van der Waals surface area contributed by atoms with Crippen LogP contribution in [0.15, 0.2) is 85.3 Å². The molecule has 0 aliphatic carbocycles. The lowest BCUT2D eigenvalue weighted by molar-refractivity contribution is -0.126. The fourth-order valence-corrected chi connectivity index (χ4v) is 3.75. The lowest BCUT2D eigenvalue weighted by Crippen LogP contribution is -2.49. The van der Waals surface area contributed by atoms with E-state index in [4.69, 9.17) is 10.00 Å². The van der Waals surface area contributed by atoms with Crippen LogP contribution in [0.5, 0.6) is 5.88 Å². The fourth-order valence-electron chi connectivity index (χ4n) is 3.75. The zero-order valence-corrected chi connectivity index (χ0v) is 20.3. The number of nitrogens with zero attached hydrogens (tertiary/aromatic N) is 5. The number of carbonyl (C=O) groups excluding carboxylic acids is 1. The van der Waals surface area contributed by atoms with Crippen LogP contribution < -0.4 is 15.0 Å². The Hall–Kier alpha value is -4.48. The van der Waals surface area contributed by atoms with Gasteiger partial charge in [0.2, 0.25) is 5.88 Å². The first-order valence-corrected chi connectivity index (χ1v) is 11.7. The van der Waals surface area contributed by atoms with Crippen molar-refractivity contribution < 1.29 is 9.53 Å². The van der Waals surface area contributed by atoms with Crippen molar-refractivity contribution in [2.75, 3.05) is 25.0 Å². The highest BCUT2D eigenvalue weighted by molar-refractivity contribution is 5.99. The largest absolute Gasteiger partial charge is 0.461 e. The summed E-state index contributed by atoms with van der Waals surface area (Å²) in [7, 11) is 3.59. The molecule has 3 heterocycles. The van der Waals surface area contributed by atoms with E-state index >= 15 is 0 Å². The van der Waals surface area contributed by atoms with Gasteiger partial charge in [0, 0.05) is 44.2 Å². The number of anilines is 1. The first-order chi connectivity index (χ1) is 17.5. The van der Waals surface area contributed by atoms with E-state index in [2.05, 4.69) is 21.5 Å². The molecule has 0 saturated carbocycles. The highest BCUT2D eigenvalue weighted by Crippen LogP contribution is 2.34. The Bertz CT molecular complexity index is 1300. The topological polar surface area (TPSA) is 96.1 Å². The van der Waals surface area contributed by atoms with E-state index in [9.17, 15) is 4.79 Å². The number of aryl methyl sites for hydroxylation is 1. The number of hydrogen-bond acceptors (Lipinski definition) is 6. The normalized spacial score (nSPS) is 14.2. The minimum atomic E-state index is -0.625. The van der Waals surface area contributed by atoms with Gasteiger partial charge in [-0.3, -0.25) is 9.48 Å². The number of benzene rings is 2. The molecule has 1 atom stereocenters. The van der Waals surface area contributed by atoms with E-state index < -0.39 is 6.10 Å². The second kappa shape index (κ2) is 11.8. The average Bonchev–Trinajstić information content (AvgIpc) is 3.37. The Balaban J connectivity index is 0.000000445. The maximum atomic E-state index is 12.8. The number of aromatic nitrogens is 3. The van der Waals surface area contributed by atoms with Crippen LogP contribution in [0.3, 0.4) is 0 Å². The third kappa shape index (κ3) is 6.14. The quantitative estimate of drug-likeness (QED) is 0.424. The van der Waals surface area contributed by atoms with Gasteiger partial charge in [0.05, 0.1) is 17.8 Å². The second-order valence-electron chi connectivity index (χ2n) is 8.37. The molecule has 8 nitrogen and oxygen atoms in total. The number of amides is 1. The molecule has 1 unspecified atom stereocenters. The summed E-state index contributed by atoms with van der Waals surface area (Å²) < 4.78 is 7.59. The van der Waals surface area contributed by atoms with Crippen LogP contribution in [0.1, 0.15) is 11.1 Å². The molecule has 2 aromatic heterocycles. The van der Waals surface area contributed by atoms with Gasteiger partial charge in [-0.2, -0.15) is 10.4 Å². The summed E-state index contributed by atoms with van der Waals surface area (Å²) in [5.41, 5.74) is 4.23. The van der Waals surface area contributed by atoms with E-state index in [1.165, 1.54) is 0 Å². The molecule has 2 aromatic carbocycles. The molecule has 0 radical (unpaired) electrons. The SMILES string of the molecule is CN1C(=O)C(CNCCc2ccc(C#N)cc2)Oc2ncc(-c3cnn(C)c3)cc21.c1ccccc1. The van der Waals surface area contributed by atoms with Crippen LogP contribution in [-0.4, -0.2) is 46.9 Å². The molecular weight excluding hydrogens is 452 g/mol. The van der Waals surface area contributed by atoms with Gasteiger partial charge in [0.25, 0.3) is 5.91 Å². The summed E-state index contributed by atoms with van der Waals surface area (Å²) in [5.74, 6) is 0.335. The highest BCUT2D eigenvalue weighted by Gasteiger charge is 2.33. The maximum absolute atomic E-state index is 12.8. The first kappa shape index (κ1) is 24.6. The van der Waals surface area contributed by atoms with Crippen molar-refractivity contribution in [3.63, 3.8) is 0 Å². The number of nitrogens with one attached hydrogen (secondary N) is 1. The third-order valence-electron chi connectivity index (χ3n) is 5.76. The fraction of sp³-hybridized carbons (Fsp3) is 0.214. The van der Waals surface area contributed by atoms with E-state index in [-0.39, 0.29) is 5.91 Å². The molecule has 182 valence electrons. The van der Waals surface area contributed by atoms with Crippen LogP contribution in [0, 0.1) is 11.3 Å². The van der Waals surface area contributed by atoms with Crippen LogP contribution in [0.4, 0.5) is 5.69 Å². The Morgan fingerprint density at radius 1 is 1.03 bits per heavy atom. The van der Waals surface area contributed by atoms with Gasteiger partial charge in [-0.25, -0.2) is 4.98 Å². The summed E-state index contributed by atoms with van der Waals surface area (Å²) in [4.78, 5) is 18.8. The summed E-state index contributed by atoms with van der Waals surface area (Å²) in [5, 5.41) is 16.3. The lowest BCUT2D eigenvalue weighted by atomic mass is 10.1. The number of hydrogen-bond donors (Lipinski definition) is 1. The van der Waals surface area contributed by atoms with Gasteiger partial charge in [-0.15, -0.1) is 0 Å². The van der Waals surface area contributed by atoms with Crippen LogP contribution in [-0.2, 0) is 18.3 Å². The lowest BCUT2D eigenvalue weighted by Gasteiger charge is -2.31. The Morgan fingerprint density at radius 3 is 2.33 bits per heavy atom. The van der Waals surface area contributed by atoms with E-state index in [0.29, 0.717) is 30.2 Å². The van der Waals surface area contributed by atoms with Gasteiger partial charge in [-0.05, 0) is 36.7 Å². The van der Waals surface area contributed by atoms with Gasteiger partial charge >= 0.3 is 0 Å². The number of likely N-dealkylation sites (N-methyl/N-ethyl adjacent to an activating group) is 1. The second-order valence-corrected chi connectivity index (χ2v) is 8.37. The molecule has 8 heteroatoms. The molecule has 5 rings (SSSR count). The molecule has 0 fully saturated rings. The molecule has 1 aliphatic rings. The standard InChI is InChI=1S/C22H22N6O2.C6H6/c1-27-14-18(12-26-27)17-9-19-21(25-11-17)30-20(22(29)28(19)2)13-24-8-7-15-3-5-16(10-23)6-4-15;1-2-4-6-5-3-1/h3-6,9,11-12,14,20,24H,7-8,13H2,1-2H3;1-6H. The van der Waals surface area contributed by atoms with Gasteiger partial charge in [-0.1, -0.05) is 48.5 Å². The number of pyridine rings is 1. The molecule has 0 saturated heterocycles. The number of nitriles is 1. The van der Waals surface area contributed by atoms with Crippen LogP contribution in [0.2, 0.25) is 0 Å². The number of fused-ring (bicyclic) bond motifs is 1. The smallest absolute Gasteiger partial charge is 0.269 e. The molecule has 1 aliphatic heterocycles. The van der Waals surface area contributed by atoms with E-state index in [1.54, 1.807) is 41.2 Å². The van der Waals surface area contributed by atoms with Gasteiger partial charge < -0.3 is 15.0 Å². The minimum Gasteiger partial charge on any atom is -0.461 e. The third-order valence-corrected chi connectivity index (χ3v) is 5.76. The zero-order valence-electron chi connectivity index (χ0n) is 20.3. The maximum Gasteiger partial charge on any atom is 0.269 e. The Kier molecular flexibility index (Phi) is 8.06. The molecule has 0 bridgehead atoms. The van der Waals surface area contributed by atoms with Crippen molar-refractivity contribution in [2.45, 2.75) is 12.5 Å². The van der Waals surface area contributed by atoms with Crippen molar-refractivity contribution in [3.8, 4) is 23.1 Å². The summed E-state index contributed by atoms with van der Waals surface area (Å²) in [6.07, 6.45) is 5.56. The Labute approximate surface area is 210 Å². The average molecular weight is 481 g/mol. The molecule has 4 aromatic rings. The van der Waals surface area contributed by atoms with Crippen molar-refractivity contribution in [3.05, 3.63) is 96.4 Å². The summed E-state index contributed by atoms with van der Waals surface area (Å²) >= 11 is 0. The molecule has 0 spiro atoms. The summed E-state index contributed by atoms with van der Waals surface area (Å²) in [6.45, 7) is 1.09. The monoisotopic (exact) mass is 480 g/mol. The van der Waals surface area contributed by atoms with Crippen molar-refractivity contribution in [1.29, 1.82) is 5.26 Å². The van der Waals surface area contributed by atoms with Crippen LogP contribution in [0.25, 0.3) is 11.1 Å². The predicted octanol–water partition coefficient (Wildman–Crippen LogP) is 3.60. The zero-order chi connectivity index (χ0) is 25.3. The Morgan fingerprint density at radius 2 is 1.72 bits per heavy atom. The van der Waals surface area contributed by atoms with Crippen molar-refractivity contribution in [1.82, 2.24) is 20.1 Å². The minimum absolute atomic E-state index is 0.112. The van der Waals surface area contributed by atoms with Gasteiger partial charge in [0.15, 0.2) is 6.10 Å². The first-order valence-electron chi connectivity index (χ1n) is 11.7. The van der Waals surface area contributed by atoms with E-state index in [0.717, 1.165) is 23.1 Å². The molecular formula is C28H28N6O2. The van der Waals surface area contributed by atoms with E-state index in [1.807, 2.05) is 67.8 Å². The molecule has 36 heavy (non-hydrogen) atoms. The van der Waals surface area contributed by atoms with Gasteiger partial charge in [0.1, 0.15) is 5.69 Å². The molecule has 1 N–H and O–H groups in total.